The minimum Gasteiger partial charge on any atom is -0.504 e. The zero-order valence-corrected chi connectivity index (χ0v) is 21.5. The third kappa shape index (κ3) is 4.64. The van der Waals surface area contributed by atoms with Crippen LogP contribution < -0.4 is 0 Å². The molecule has 0 saturated carbocycles. The fourth-order valence-electron chi connectivity index (χ4n) is 4.51. The molecule has 1 saturated heterocycles. The van der Waals surface area contributed by atoms with E-state index in [2.05, 4.69) is 0 Å². The zero-order chi connectivity index (χ0) is 32.4. The highest BCUT2D eigenvalue weighted by Crippen LogP contribution is 2.53. The van der Waals surface area contributed by atoms with Crippen LogP contribution in [0.25, 0.3) is 11.1 Å². The van der Waals surface area contributed by atoms with Gasteiger partial charge in [0.25, 0.3) is 0 Å². The molecule has 1 fully saturated rings. The van der Waals surface area contributed by atoms with Gasteiger partial charge >= 0.3 is 17.9 Å². The second kappa shape index (κ2) is 10.5. The first kappa shape index (κ1) is 29.6. The van der Waals surface area contributed by atoms with Crippen LogP contribution >= 0.6 is 0 Å². The molecule has 2 aliphatic rings. The second-order valence-corrected chi connectivity index (χ2v) is 9.43. The van der Waals surface area contributed by atoms with Gasteiger partial charge in [-0.3, -0.25) is 4.74 Å². The molecule has 0 amide bonds. The van der Waals surface area contributed by atoms with Gasteiger partial charge in [-0.25, -0.2) is 14.4 Å². The van der Waals surface area contributed by atoms with Gasteiger partial charge in [0.15, 0.2) is 58.6 Å². The van der Waals surface area contributed by atoms with Crippen molar-refractivity contribution in [1.29, 1.82) is 0 Å². The highest BCUT2D eigenvalue weighted by atomic mass is 16.8. The van der Waals surface area contributed by atoms with Crippen molar-refractivity contribution in [2.24, 2.45) is 0 Å². The number of rotatable bonds is 2. The highest BCUT2D eigenvalue weighted by Gasteiger charge is 2.51. The molecule has 0 unspecified atom stereocenters. The molecule has 18 heteroatoms. The fourth-order valence-corrected chi connectivity index (χ4v) is 4.51. The van der Waals surface area contributed by atoms with Crippen molar-refractivity contribution >= 4 is 17.9 Å². The number of aliphatic hydroxyl groups is 2. The van der Waals surface area contributed by atoms with Crippen LogP contribution in [0.5, 0.6) is 51.7 Å². The summed E-state index contributed by atoms with van der Waals surface area (Å²) in [7, 11) is 0. The molecular weight excluding hydrogens is 600 g/mol. The number of carbonyl (C=O) groups excluding carboxylic acids is 3. The van der Waals surface area contributed by atoms with Crippen molar-refractivity contribution in [2.45, 2.75) is 30.9 Å². The van der Waals surface area contributed by atoms with E-state index in [1.54, 1.807) is 0 Å². The van der Waals surface area contributed by atoms with Gasteiger partial charge in [-0.15, -0.1) is 0 Å². The molecule has 3 aromatic carbocycles. The third-order valence-corrected chi connectivity index (χ3v) is 6.69. The van der Waals surface area contributed by atoms with Crippen LogP contribution in [0.15, 0.2) is 24.3 Å². The van der Waals surface area contributed by atoms with E-state index in [9.17, 15) is 70.6 Å². The summed E-state index contributed by atoms with van der Waals surface area (Å²) in [5, 5.41) is 112. The number of ether oxygens (including phenoxy) is 4. The van der Waals surface area contributed by atoms with Crippen LogP contribution in [0, 0.1) is 0 Å². The number of hydrogen-bond acceptors (Lipinski definition) is 18. The van der Waals surface area contributed by atoms with E-state index in [1.807, 2.05) is 0 Å². The topological polar surface area (TPSA) is 311 Å². The van der Waals surface area contributed by atoms with Gasteiger partial charge < -0.3 is 70.4 Å². The minimum absolute atomic E-state index is 0.500. The maximum absolute atomic E-state index is 13.4. The molecule has 0 spiro atoms. The lowest BCUT2D eigenvalue weighted by Gasteiger charge is -2.40. The van der Waals surface area contributed by atoms with Crippen LogP contribution in [0.3, 0.4) is 0 Å². The van der Waals surface area contributed by atoms with Gasteiger partial charge in [-0.05, 0) is 24.3 Å². The van der Waals surface area contributed by atoms with E-state index in [0.29, 0.717) is 24.3 Å². The lowest BCUT2D eigenvalue weighted by atomic mass is 9.92. The number of aromatic hydroxyl groups is 9. The Labute approximate surface area is 242 Å². The Morgan fingerprint density at radius 2 is 1.07 bits per heavy atom. The Balaban J connectivity index is 1.64. The van der Waals surface area contributed by atoms with Crippen LogP contribution in [0.4, 0.5) is 0 Å². The fraction of sp³-hybridized carbons (Fsp3) is 0.192. The molecule has 232 valence electrons. The summed E-state index contributed by atoms with van der Waals surface area (Å²) in [5.41, 5.74) is -4.33. The molecule has 0 aromatic heterocycles. The predicted molar refractivity (Wildman–Crippen MR) is 134 cm³/mol. The summed E-state index contributed by atoms with van der Waals surface area (Å²) >= 11 is 0. The average Bonchev–Trinajstić information content (AvgIpc) is 2.97. The number of phenolic OH excluding ortho intramolecular Hbond substituents is 9. The Morgan fingerprint density at radius 3 is 1.57 bits per heavy atom. The lowest BCUT2D eigenvalue weighted by Crippen LogP contribution is -2.60. The molecule has 2 heterocycles. The standard InChI is InChI=1S/C26H20O18/c27-8-1-5(2-9(28)14(8)31)22(38)42-25-19(36)21-20(37)26(44-25)43-24(40)7-4-11(30)16(33)18(35)13(7)12-6(23(39)41-21)3-10(29)15(32)17(12)34/h1-4,19-21,25-37H/t19-,20-,21-,25+,26-/m0/s1. The molecule has 0 aliphatic carbocycles. The van der Waals surface area contributed by atoms with Crippen LogP contribution in [0.1, 0.15) is 31.1 Å². The van der Waals surface area contributed by atoms with E-state index in [0.717, 1.165) is 0 Å². The summed E-state index contributed by atoms with van der Waals surface area (Å²) in [6.07, 6.45) is -11.2. The summed E-state index contributed by atoms with van der Waals surface area (Å²) in [4.78, 5) is 39.4. The van der Waals surface area contributed by atoms with Crippen molar-refractivity contribution in [1.82, 2.24) is 0 Å². The Morgan fingerprint density at radius 1 is 0.614 bits per heavy atom. The van der Waals surface area contributed by atoms with Gasteiger partial charge in [0, 0.05) is 11.1 Å². The highest BCUT2D eigenvalue weighted by molar-refractivity contribution is 6.08. The van der Waals surface area contributed by atoms with E-state index in [4.69, 9.17) is 18.9 Å². The van der Waals surface area contributed by atoms with E-state index < -0.39 is 128 Å². The first-order valence-corrected chi connectivity index (χ1v) is 12.1. The molecular formula is C26H20O18. The monoisotopic (exact) mass is 620 g/mol. The number of hydrogen-bond donors (Lipinski definition) is 11. The van der Waals surface area contributed by atoms with Gasteiger partial charge in [0.1, 0.15) is 0 Å². The van der Waals surface area contributed by atoms with E-state index >= 15 is 0 Å². The summed E-state index contributed by atoms with van der Waals surface area (Å²) in [6.45, 7) is 0. The molecule has 5 atom stereocenters. The normalized spacial score (nSPS) is 22.9. The Hall–Kier alpha value is -5.85. The molecule has 3 aromatic rings. The number of benzene rings is 3. The van der Waals surface area contributed by atoms with Crippen LogP contribution in [-0.4, -0.2) is 105 Å². The third-order valence-electron chi connectivity index (χ3n) is 6.69. The SMILES string of the molecule is O=C(O[C@@H]1O[C@@H]2OC(=O)c3cc(O)c(O)c(O)c3-c3c(cc(O)c(O)c3O)C(=O)O[C@@H]([C@@H]1O)[C@@H]2O)c1cc(O)c(O)c(O)c1. The van der Waals surface area contributed by atoms with Gasteiger partial charge in [-0.2, -0.15) is 0 Å². The minimum atomic E-state index is -2.28. The second-order valence-electron chi connectivity index (χ2n) is 9.43. The van der Waals surface area contributed by atoms with Gasteiger partial charge in [-0.1, -0.05) is 0 Å². The summed E-state index contributed by atoms with van der Waals surface area (Å²) < 4.78 is 20.5. The number of fused-ring (bicyclic) bond motifs is 5. The smallest absolute Gasteiger partial charge is 0.341 e. The summed E-state index contributed by atoms with van der Waals surface area (Å²) in [5.74, 6) is -14.9. The zero-order valence-electron chi connectivity index (χ0n) is 21.5. The van der Waals surface area contributed by atoms with Crippen LogP contribution in [-0.2, 0) is 18.9 Å². The van der Waals surface area contributed by atoms with Crippen molar-refractivity contribution in [2.75, 3.05) is 0 Å². The molecule has 11 N–H and O–H groups in total. The van der Waals surface area contributed by atoms with Crippen molar-refractivity contribution in [3.05, 3.63) is 41.0 Å². The van der Waals surface area contributed by atoms with Crippen molar-refractivity contribution < 1.29 is 89.5 Å². The molecule has 5 rings (SSSR count). The Bertz CT molecular complexity index is 1710. The van der Waals surface area contributed by atoms with Gasteiger partial charge in [0.2, 0.25) is 24.1 Å². The molecule has 2 aliphatic heterocycles. The first-order chi connectivity index (χ1) is 20.6. The Kier molecular flexibility index (Phi) is 7.04. The molecule has 0 radical (unpaired) electrons. The van der Waals surface area contributed by atoms with E-state index in [1.165, 1.54) is 0 Å². The predicted octanol–water partition coefficient (Wildman–Crippen LogP) is -0.339. The number of phenols is 9. The van der Waals surface area contributed by atoms with Gasteiger partial charge in [0.05, 0.1) is 16.7 Å². The number of aliphatic hydroxyl groups excluding tert-OH is 2. The number of esters is 3. The number of carbonyl (C=O) groups is 3. The molecule has 2 bridgehead atoms. The largest absolute Gasteiger partial charge is 0.504 e. The molecule has 44 heavy (non-hydrogen) atoms. The quantitative estimate of drug-likeness (QED) is 0.0991. The lowest BCUT2D eigenvalue weighted by molar-refractivity contribution is -0.324. The van der Waals surface area contributed by atoms with Crippen molar-refractivity contribution in [3.8, 4) is 62.9 Å². The van der Waals surface area contributed by atoms with E-state index in [-0.39, 0.29) is 0 Å². The maximum atomic E-state index is 13.4. The van der Waals surface area contributed by atoms with Crippen molar-refractivity contribution in [3.63, 3.8) is 0 Å². The average molecular weight is 620 g/mol. The maximum Gasteiger partial charge on any atom is 0.341 e. The van der Waals surface area contributed by atoms with Crippen LogP contribution in [0.2, 0.25) is 0 Å². The molecule has 18 nitrogen and oxygen atoms in total. The summed E-state index contributed by atoms with van der Waals surface area (Å²) in [6, 6.07) is 2.33. The first-order valence-electron chi connectivity index (χ1n) is 12.1.